The molecule has 1 aromatic carbocycles. The van der Waals surface area contributed by atoms with Gasteiger partial charge in [-0.2, -0.15) is 10.5 Å². The number of carbonyl (C=O) groups excluding carboxylic acids is 1. The molecule has 2 heterocycles. The van der Waals surface area contributed by atoms with Crippen molar-refractivity contribution in [2.24, 2.45) is 0 Å². The maximum Gasteiger partial charge on any atom is 0.270 e. The summed E-state index contributed by atoms with van der Waals surface area (Å²) in [6.07, 6.45) is 2.47. The third kappa shape index (κ3) is 5.72. The Balaban J connectivity index is 1.84. The minimum Gasteiger partial charge on any atom is -0.364 e. The Morgan fingerprint density at radius 3 is 2.79 bits per heavy atom. The maximum absolute atomic E-state index is 12.9. The summed E-state index contributed by atoms with van der Waals surface area (Å²) in [6, 6.07) is 11.6. The number of anilines is 1. The smallest absolute Gasteiger partial charge is 0.270 e. The lowest BCUT2D eigenvalue weighted by atomic mass is 10.0. The lowest BCUT2D eigenvalue weighted by Gasteiger charge is -2.28. The summed E-state index contributed by atoms with van der Waals surface area (Å²) in [5.74, 6) is -0.675. The van der Waals surface area contributed by atoms with Crippen molar-refractivity contribution in [2.75, 3.05) is 31.7 Å². The van der Waals surface area contributed by atoms with E-state index < -0.39 is 5.91 Å². The van der Waals surface area contributed by atoms with E-state index in [0.29, 0.717) is 17.8 Å². The van der Waals surface area contributed by atoms with Crippen LogP contribution in [0.3, 0.4) is 0 Å². The highest BCUT2D eigenvalue weighted by Gasteiger charge is 2.32. The maximum atomic E-state index is 12.9. The fraction of sp³-hybridized carbons (Fsp3) is 0.417. The highest BCUT2D eigenvalue weighted by atomic mass is 32.1. The number of nitrogens with zero attached hydrogens (tertiary/aromatic N) is 4. The molecule has 10 heteroatoms. The molecule has 3 rings (SSSR count). The third-order valence-corrected chi connectivity index (χ3v) is 6.76. The first-order valence-electron chi connectivity index (χ1n) is 11.0. The first kappa shape index (κ1) is 25.2. The van der Waals surface area contributed by atoms with Crippen molar-refractivity contribution in [1.29, 1.82) is 10.5 Å². The molecular weight excluding hydrogens is 452 g/mol. The number of aromatic nitrogens is 1. The van der Waals surface area contributed by atoms with Crippen molar-refractivity contribution < 1.29 is 9.53 Å². The number of benzene rings is 1. The second-order valence-corrected chi connectivity index (χ2v) is 9.47. The van der Waals surface area contributed by atoms with Crippen molar-refractivity contribution in [2.45, 2.75) is 39.3 Å². The minimum atomic E-state index is -0.675. The van der Waals surface area contributed by atoms with Gasteiger partial charge in [-0.05, 0) is 44.9 Å². The number of nitriles is 2. The Morgan fingerprint density at radius 1 is 1.35 bits per heavy atom. The van der Waals surface area contributed by atoms with Crippen LogP contribution in [0, 0.1) is 22.7 Å². The summed E-state index contributed by atoms with van der Waals surface area (Å²) < 4.78 is 7.61. The summed E-state index contributed by atoms with van der Waals surface area (Å²) in [5, 5.41) is 23.7. The van der Waals surface area contributed by atoms with E-state index in [4.69, 9.17) is 10.00 Å². The van der Waals surface area contributed by atoms with Crippen molar-refractivity contribution in [1.82, 2.24) is 14.8 Å². The molecule has 0 unspecified atom stereocenters. The van der Waals surface area contributed by atoms with E-state index in [0.717, 1.165) is 42.2 Å². The first-order valence-corrected chi connectivity index (χ1v) is 11.8. The number of rotatable bonds is 8. The van der Waals surface area contributed by atoms with Gasteiger partial charge in [0, 0.05) is 30.5 Å². The van der Waals surface area contributed by atoms with Crippen molar-refractivity contribution >= 4 is 34.7 Å². The molecular formula is C24H28N6O3S. The number of carbonyl (C=O) groups is 1. The zero-order chi connectivity index (χ0) is 24.7. The molecule has 34 heavy (non-hydrogen) atoms. The standard InChI is InChI=1S/C24H28N6O3S/c1-4-30-22(32)20(34-23(30)19(13-26)21(31)27-10-9-25)14-28-18-7-5-6-17(12-18)8-11-29-16-33-15-24(29,2)3/h5-7,12,14,28H,4,8,10-11,15-16H2,1-3H3,(H,27,31). The summed E-state index contributed by atoms with van der Waals surface area (Å²) in [6.45, 7) is 8.46. The van der Waals surface area contributed by atoms with Crippen LogP contribution in [-0.2, 0) is 22.5 Å². The largest absolute Gasteiger partial charge is 0.364 e. The Labute approximate surface area is 202 Å². The summed E-state index contributed by atoms with van der Waals surface area (Å²) in [4.78, 5) is 27.4. The van der Waals surface area contributed by atoms with E-state index in [1.807, 2.05) is 24.3 Å². The Morgan fingerprint density at radius 2 is 2.15 bits per heavy atom. The van der Waals surface area contributed by atoms with Crippen molar-refractivity contribution in [3.05, 3.63) is 49.4 Å². The van der Waals surface area contributed by atoms with Gasteiger partial charge in [0.05, 0.1) is 19.4 Å². The molecule has 0 bridgehead atoms. The van der Waals surface area contributed by atoms with Gasteiger partial charge in [0.25, 0.3) is 11.5 Å². The van der Waals surface area contributed by atoms with Gasteiger partial charge in [-0.1, -0.05) is 12.1 Å². The summed E-state index contributed by atoms with van der Waals surface area (Å²) in [7, 11) is 0. The van der Waals surface area contributed by atoms with Gasteiger partial charge >= 0.3 is 0 Å². The number of thiazole rings is 1. The molecule has 9 nitrogen and oxygen atoms in total. The lowest BCUT2D eigenvalue weighted by molar-refractivity contribution is -0.115. The van der Waals surface area contributed by atoms with Crippen molar-refractivity contribution in [3.63, 3.8) is 0 Å². The second kappa shape index (κ2) is 11.1. The number of hydrogen-bond acceptors (Lipinski definition) is 8. The van der Waals surface area contributed by atoms with Crippen LogP contribution in [0.25, 0.3) is 11.8 Å². The number of ether oxygens (including phenoxy) is 1. The van der Waals surface area contributed by atoms with E-state index in [2.05, 4.69) is 35.4 Å². The quantitative estimate of drug-likeness (QED) is 0.533. The van der Waals surface area contributed by atoms with Crippen LogP contribution < -0.4 is 25.4 Å². The SMILES string of the molecule is CCn1c(=C(C#N)C(=O)NCC#N)sc(=CNc2cccc(CCN3COCC3(C)C)c2)c1=O. The molecule has 0 saturated carbocycles. The topological polar surface area (TPSA) is 123 Å². The number of amides is 1. The van der Waals surface area contributed by atoms with Gasteiger partial charge in [-0.3, -0.25) is 19.1 Å². The molecule has 1 fully saturated rings. The van der Waals surface area contributed by atoms with Crippen LogP contribution in [0.5, 0.6) is 0 Å². The van der Waals surface area contributed by atoms with E-state index in [-0.39, 0.29) is 27.9 Å². The number of nitrogens with one attached hydrogen (secondary N) is 2. The Hall–Kier alpha value is -3.44. The molecule has 2 aromatic rings. The van der Waals surface area contributed by atoms with Crippen molar-refractivity contribution in [3.8, 4) is 12.1 Å². The molecule has 0 spiro atoms. The number of hydrogen-bond donors (Lipinski definition) is 2. The van der Waals surface area contributed by atoms with Crippen LogP contribution in [0.15, 0.2) is 29.1 Å². The lowest BCUT2D eigenvalue weighted by Crippen LogP contribution is -2.41. The second-order valence-electron chi connectivity index (χ2n) is 8.44. The average Bonchev–Trinajstić information content (AvgIpc) is 3.33. The predicted octanol–water partition coefficient (Wildman–Crippen LogP) is 0.705. The molecule has 1 aliphatic heterocycles. The molecule has 1 aromatic heterocycles. The van der Waals surface area contributed by atoms with Crippen LogP contribution in [0.1, 0.15) is 26.3 Å². The predicted molar refractivity (Wildman–Crippen MR) is 131 cm³/mol. The Bertz CT molecular complexity index is 1310. The van der Waals surface area contributed by atoms with E-state index in [1.54, 1.807) is 19.2 Å². The van der Waals surface area contributed by atoms with E-state index in [9.17, 15) is 14.9 Å². The van der Waals surface area contributed by atoms with Gasteiger partial charge in [-0.25, -0.2) is 0 Å². The van der Waals surface area contributed by atoms with Gasteiger partial charge in [-0.15, -0.1) is 11.3 Å². The first-order chi connectivity index (χ1) is 16.3. The highest BCUT2D eigenvalue weighted by molar-refractivity contribution is 7.07. The van der Waals surface area contributed by atoms with Crippen LogP contribution in [0.4, 0.5) is 5.69 Å². The van der Waals surface area contributed by atoms with Gasteiger partial charge in [0.1, 0.15) is 21.8 Å². The highest BCUT2D eigenvalue weighted by Crippen LogP contribution is 2.22. The van der Waals surface area contributed by atoms with Gasteiger partial charge in [0.15, 0.2) is 5.57 Å². The monoisotopic (exact) mass is 480 g/mol. The Kier molecular flexibility index (Phi) is 8.24. The van der Waals surface area contributed by atoms with E-state index in [1.165, 1.54) is 4.57 Å². The third-order valence-electron chi connectivity index (χ3n) is 5.63. The minimum absolute atomic E-state index is 0.0322. The van der Waals surface area contributed by atoms with Gasteiger partial charge < -0.3 is 15.4 Å². The van der Waals surface area contributed by atoms with Crippen LogP contribution in [-0.4, -0.2) is 47.3 Å². The molecule has 2 N–H and O–H groups in total. The van der Waals surface area contributed by atoms with E-state index >= 15 is 0 Å². The zero-order valence-corrected chi connectivity index (χ0v) is 20.4. The molecule has 0 radical (unpaired) electrons. The molecule has 0 aliphatic carbocycles. The summed E-state index contributed by atoms with van der Waals surface area (Å²) >= 11 is 1.06. The average molecular weight is 481 g/mol. The zero-order valence-electron chi connectivity index (χ0n) is 19.6. The summed E-state index contributed by atoms with van der Waals surface area (Å²) in [5.41, 5.74) is 1.55. The molecule has 1 amide bonds. The van der Waals surface area contributed by atoms with Crippen LogP contribution in [0.2, 0.25) is 0 Å². The molecule has 0 atom stereocenters. The van der Waals surface area contributed by atoms with Gasteiger partial charge in [0.2, 0.25) is 0 Å². The normalized spacial score (nSPS) is 16.6. The fourth-order valence-electron chi connectivity index (χ4n) is 3.66. The van der Waals surface area contributed by atoms with Crippen LogP contribution >= 0.6 is 11.3 Å². The molecule has 1 aliphatic rings. The molecule has 1 saturated heterocycles. The molecule has 178 valence electrons. The fourth-order valence-corrected chi connectivity index (χ4v) is 4.75.